The Morgan fingerprint density at radius 1 is 1.04 bits per heavy atom. The van der Waals surface area contributed by atoms with Gasteiger partial charge in [-0.2, -0.15) is 0 Å². The summed E-state index contributed by atoms with van der Waals surface area (Å²) in [5, 5.41) is 10.00. The van der Waals surface area contributed by atoms with E-state index >= 15 is 0 Å². The highest BCUT2D eigenvalue weighted by Crippen LogP contribution is 2.37. The van der Waals surface area contributed by atoms with Crippen LogP contribution in [0.1, 0.15) is 11.1 Å². The predicted molar refractivity (Wildman–Crippen MR) is 108 cm³/mol. The second-order valence-electron chi connectivity index (χ2n) is 6.40. The van der Waals surface area contributed by atoms with Crippen LogP contribution in [0.3, 0.4) is 0 Å². The van der Waals surface area contributed by atoms with E-state index in [-0.39, 0.29) is 0 Å². The van der Waals surface area contributed by atoms with Crippen LogP contribution in [0.25, 0.3) is 39.5 Å². The Labute approximate surface area is 156 Å². The second kappa shape index (κ2) is 6.92. The molecule has 0 aliphatic heterocycles. The molecule has 2 heterocycles. The highest BCUT2D eigenvalue weighted by atomic mass is 16.4. The lowest BCUT2D eigenvalue weighted by molar-refractivity contribution is -0.131. The Bertz CT molecular complexity index is 1160. The fourth-order valence-electron chi connectivity index (χ4n) is 3.32. The molecule has 0 saturated heterocycles. The van der Waals surface area contributed by atoms with E-state index in [1.165, 1.54) is 0 Å². The highest BCUT2D eigenvalue weighted by Gasteiger charge is 2.16. The van der Waals surface area contributed by atoms with Crippen molar-refractivity contribution < 1.29 is 9.90 Å². The van der Waals surface area contributed by atoms with Crippen molar-refractivity contribution in [1.29, 1.82) is 0 Å². The van der Waals surface area contributed by atoms with E-state index in [0.29, 0.717) is 0 Å². The summed E-state index contributed by atoms with van der Waals surface area (Å²) < 4.78 is 0. The lowest BCUT2D eigenvalue weighted by atomic mass is 9.94. The molecule has 4 rings (SSSR count). The summed E-state index contributed by atoms with van der Waals surface area (Å²) in [6, 6.07) is 20.2. The molecular weight excluding hydrogens is 336 g/mol. The number of aryl methyl sites for hydroxylation is 1. The van der Waals surface area contributed by atoms with E-state index in [0.717, 1.165) is 50.6 Å². The Hall–Kier alpha value is -3.66. The fraction of sp³-hybridized carbons (Fsp3) is 0.0435. The summed E-state index contributed by atoms with van der Waals surface area (Å²) in [4.78, 5) is 18.9. The van der Waals surface area contributed by atoms with Gasteiger partial charge >= 0.3 is 5.97 Å². The molecule has 0 bridgehead atoms. The molecular formula is C23H18N2O2. The standard InChI is InChI=1S/C23H18N2O2/c1-15-9-10-18(20(14-15)16-6-3-2-4-7-16)22-17(11-12-21(26)27)19-8-5-13-24-23(19)25-22/h2-14H,1H3,(H,24,25)(H,26,27). The van der Waals surface area contributed by atoms with Gasteiger partial charge in [0.05, 0.1) is 5.69 Å². The Morgan fingerprint density at radius 2 is 1.85 bits per heavy atom. The number of hydrogen-bond acceptors (Lipinski definition) is 2. The van der Waals surface area contributed by atoms with Crippen LogP contribution < -0.4 is 0 Å². The summed E-state index contributed by atoms with van der Waals surface area (Å²) >= 11 is 0. The second-order valence-corrected chi connectivity index (χ2v) is 6.40. The number of pyridine rings is 1. The van der Waals surface area contributed by atoms with E-state index in [4.69, 9.17) is 5.11 Å². The lowest BCUT2D eigenvalue weighted by Crippen LogP contribution is -1.90. The average molecular weight is 354 g/mol. The smallest absolute Gasteiger partial charge is 0.328 e. The number of carboxylic acids is 1. The third kappa shape index (κ3) is 3.25. The Kier molecular flexibility index (Phi) is 4.30. The maximum Gasteiger partial charge on any atom is 0.328 e. The van der Waals surface area contributed by atoms with Gasteiger partial charge in [0.25, 0.3) is 0 Å². The third-order valence-corrected chi connectivity index (χ3v) is 4.53. The number of carbonyl (C=O) groups is 1. The first-order valence-corrected chi connectivity index (χ1v) is 8.67. The molecule has 2 N–H and O–H groups in total. The molecule has 27 heavy (non-hydrogen) atoms. The number of carboxylic acid groups (broad SMARTS) is 1. The van der Waals surface area contributed by atoms with Crippen LogP contribution in [-0.4, -0.2) is 21.0 Å². The van der Waals surface area contributed by atoms with Crippen molar-refractivity contribution in [2.45, 2.75) is 6.92 Å². The van der Waals surface area contributed by atoms with Gasteiger partial charge in [-0.25, -0.2) is 9.78 Å². The number of rotatable bonds is 4. The van der Waals surface area contributed by atoms with Gasteiger partial charge < -0.3 is 10.1 Å². The fourth-order valence-corrected chi connectivity index (χ4v) is 3.32. The maximum absolute atomic E-state index is 11.1. The van der Waals surface area contributed by atoms with Gasteiger partial charge in [-0.05, 0) is 36.3 Å². The number of aromatic nitrogens is 2. The van der Waals surface area contributed by atoms with Crippen molar-refractivity contribution in [2.24, 2.45) is 0 Å². The molecule has 0 aliphatic rings. The molecule has 0 spiro atoms. The molecule has 2 aromatic heterocycles. The van der Waals surface area contributed by atoms with E-state index in [1.807, 2.05) is 30.3 Å². The van der Waals surface area contributed by atoms with Crippen LogP contribution in [0.2, 0.25) is 0 Å². The molecule has 0 radical (unpaired) electrons. The minimum atomic E-state index is -0.980. The minimum absolute atomic E-state index is 0.733. The highest BCUT2D eigenvalue weighted by molar-refractivity contribution is 6.00. The van der Waals surface area contributed by atoms with Gasteiger partial charge in [0.15, 0.2) is 0 Å². The zero-order valence-corrected chi connectivity index (χ0v) is 14.8. The summed E-state index contributed by atoms with van der Waals surface area (Å²) in [7, 11) is 0. The lowest BCUT2D eigenvalue weighted by Gasteiger charge is -2.11. The van der Waals surface area contributed by atoms with Crippen molar-refractivity contribution in [1.82, 2.24) is 9.97 Å². The first-order valence-electron chi connectivity index (χ1n) is 8.67. The molecule has 0 fully saturated rings. The van der Waals surface area contributed by atoms with Crippen LogP contribution >= 0.6 is 0 Å². The monoisotopic (exact) mass is 354 g/mol. The zero-order valence-electron chi connectivity index (χ0n) is 14.8. The van der Waals surface area contributed by atoms with E-state index in [9.17, 15) is 4.79 Å². The zero-order chi connectivity index (χ0) is 18.8. The number of aromatic amines is 1. The summed E-state index contributed by atoms with van der Waals surface area (Å²) in [6.07, 6.45) is 4.52. The van der Waals surface area contributed by atoms with Gasteiger partial charge in [0, 0.05) is 28.8 Å². The van der Waals surface area contributed by atoms with E-state index in [1.54, 1.807) is 12.3 Å². The molecule has 0 unspecified atom stereocenters. The first-order chi connectivity index (χ1) is 13.1. The summed E-state index contributed by atoms with van der Waals surface area (Å²) in [6.45, 7) is 2.06. The normalized spacial score (nSPS) is 11.3. The third-order valence-electron chi connectivity index (χ3n) is 4.53. The molecule has 0 amide bonds. The Morgan fingerprint density at radius 3 is 2.63 bits per heavy atom. The predicted octanol–water partition coefficient (Wildman–Crippen LogP) is 5.30. The number of aliphatic carboxylic acids is 1. The van der Waals surface area contributed by atoms with Gasteiger partial charge in [0.1, 0.15) is 5.65 Å². The topological polar surface area (TPSA) is 66.0 Å². The van der Waals surface area contributed by atoms with Crippen molar-refractivity contribution in [3.05, 3.63) is 84.1 Å². The molecule has 132 valence electrons. The number of nitrogens with one attached hydrogen (secondary N) is 1. The molecule has 0 atom stereocenters. The molecule has 2 aromatic carbocycles. The minimum Gasteiger partial charge on any atom is -0.478 e. The van der Waals surface area contributed by atoms with E-state index < -0.39 is 5.97 Å². The van der Waals surface area contributed by atoms with Crippen molar-refractivity contribution >= 4 is 23.1 Å². The van der Waals surface area contributed by atoms with Gasteiger partial charge in [0.2, 0.25) is 0 Å². The van der Waals surface area contributed by atoms with Gasteiger partial charge in [-0.15, -0.1) is 0 Å². The average Bonchev–Trinajstić information content (AvgIpc) is 3.05. The van der Waals surface area contributed by atoms with Crippen LogP contribution in [0, 0.1) is 6.92 Å². The quantitative estimate of drug-likeness (QED) is 0.489. The molecule has 0 aliphatic carbocycles. The molecule has 4 heteroatoms. The van der Waals surface area contributed by atoms with Gasteiger partial charge in [-0.1, -0.05) is 54.1 Å². The van der Waals surface area contributed by atoms with E-state index in [2.05, 4.69) is 47.2 Å². The SMILES string of the molecule is Cc1ccc(-c2[nH]c3ncccc3c2C=CC(=O)O)c(-c2ccccc2)c1. The maximum atomic E-state index is 11.1. The number of H-pyrrole nitrogens is 1. The van der Waals surface area contributed by atoms with Crippen LogP contribution in [-0.2, 0) is 4.79 Å². The number of benzene rings is 2. The summed E-state index contributed by atoms with van der Waals surface area (Å²) in [5.41, 5.74) is 6.78. The first kappa shape index (κ1) is 16.8. The molecule has 4 aromatic rings. The van der Waals surface area contributed by atoms with Crippen LogP contribution in [0.15, 0.2) is 72.9 Å². The number of hydrogen-bond donors (Lipinski definition) is 2. The summed E-state index contributed by atoms with van der Waals surface area (Å²) in [5.74, 6) is -0.980. The molecule has 4 nitrogen and oxygen atoms in total. The van der Waals surface area contributed by atoms with Crippen molar-refractivity contribution in [3.63, 3.8) is 0 Å². The number of nitrogens with zero attached hydrogens (tertiary/aromatic N) is 1. The van der Waals surface area contributed by atoms with Gasteiger partial charge in [-0.3, -0.25) is 0 Å². The Balaban J connectivity index is 2.01. The van der Waals surface area contributed by atoms with Crippen LogP contribution in [0.4, 0.5) is 0 Å². The van der Waals surface area contributed by atoms with Crippen LogP contribution in [0.5, 0.6) is 0 Å². The number of fused-ring (bicyclic) bond motifs is 1. The molecule has 0 saturated carbocycles. The van der Waals surface area contributed by atoms with Crippen molar-refractivity contribution in [2.75, 3.05) is 0 Å². The largest absolute Gasteiger partial charge is 0.478 e. The van der Waals surface area contributed by atoms with Crippen molar-refractivity contribution in [3.8, 4) is 22.4 Å².